The van der Waals surface area contributed by atoms with Crippen molar-refractivity contribution >= 4 is 23.1 Å². The fraction of sp³-hybridized carbons (Fsp3) is 0.154. The predicted octanol–water partition coefficient (Wildman–Crippen LogP) is 3.63. The third kappa shape index (κ3) is 2.80. The third-order valence-electron chi connectivity index (χ3n) is 2.71. The number of hydrogen-bond donors (Lipinski definition) is 1. The van der Waals surface area contributed by atoms with Crippen LogP contribution in [0.4, 0.5) is 11.5 Å². The molecule has 6 nitrogen and oxygen atoms in total. The summed E-state index contributed by atoms with van der Waals surface area (Å²) in [6, 6.07) is 6.19. The molecule has 0 saturated carbocycles. The molecule has 0 amide bonds. The number of nitrogens with two attached hydrogens (primary N) is 1. The molecular formula is C13H12ClN3O3. The summed E-state index contributed by atoms with van der Waals surface area (Å²) in [5.74, 6) is 0.619. The minimum atomic E-state index is -0.592. The Morgan fingerprint density at radius 2 is 1.90 bits per heavy atom. The number of aryl methyl sites for hydroxylation is 2. The molecule has 0 aliphatic heterocycles. The van der Waals surface area contributed by atoms with E-state index < -0.39 is 4.92 Å². The summed E-state index contributed by atoms with van der Waals surface area (Å²) in [7, 11) is 0. The maximum absolute atomic E-state index is 10.7. The van der Waals surface area contributed by atoms with Crippen molar-refractivity contribution in [2.45, 2.75) is 13.8 Å². The standard InChI is InChI=1S/C13H12ClN3O3/c1-7-5-9(14)6-8(2)12(7)20-11-4-3-10(17(18)19)13(15)16-11/h3-6H,1-2H3,(H2,15,16). The van der Waals surface area contributed by atoms with Gasteiger partial charge in [0.25, 0.3) is 0 Å². The van der Waals surface area contributed by atoms with Crippen LogP contribution in [0.15, 0.2) is 24.3 Å². The summed E-state index contributed by atoms with van der Waals surface area (Å²) < 4.78 is 5.64. The van der Waals surface area contributed by atoms with Gasteiger partial charge in [0.2, 0.25) is 11.7 Å². The highest BCUT2D eigenvalue weighted by Crippen LogP contribution is 2.32. The number of pyridine rings is 1. The van der Waals surface area contributed by atoms with Gasteiger partial charge in [0, 0.05) is 17.2 Å². The zero-order chi connectivity index (χ0) is 14.9. The van der Waals surface area contributed by atoms with E-state index in [9.17, 15) is 10.1 Å². The van der Waals surface area contributed by atoms with Crippen LogP contribution in [0.2, 0.25) is 5.02 Å². The number of ether oxygens (including phenoxy) is 1. The lowest BCUT2D eigenvalue weighted by Gasteiger charge is -2.11. The summed E-state index contributed by atoms with van der Waals surface area (Å²) in [5.41, 5.74) is 6.96. The fourth-order valence-corrected chi connectivity index (χ4v) is 2.15. The van der Waals surface area contributed by atoms with Gasteiger partial charge in [-0.3, -0.25) is 10.1 Å². The summed E-state index contributed by atoms with van der Waals surface area (Å²) >= 11 is 5.94. The van der Waals surface area contributed by atoms with Gasteiger partial charge >= 0.3 is 5.69 Å². The van der Waals surface area contributed by atoms with Gasteiger partial charge in [0.1, 0.15) is 5.75 Å². The number of nitro groups is 1. The maximum atomic E-state index is 10.7. The zero-order valence-corrected chi connectivity index (χ0v) is 11.6. The molecule has 0 saturated heterocycles. The molecule has 104 valence electrons. The van der Waals surface area contributed by atoms with Crippen molar-refractivity contribution in [2.75, 3.05) is 5.73 Å². The molecule has 0 aliphatic rings. The zero-order valence-electron chi connectivity index (χ0n) is 10.9. The Morgan fingerprint density at radius 3 is 2.40 bits per heavy atom. The summed E-state index contributed by atoms with van der Waals surface area (Å²) in [4.78, 5) is 14.0. The Labute approximate surface area is 120 Å². The number of rotatable bonds is 3. The van der Waals surface area contributed by atoms with Crippen LogP contribution in [-0.2, 0) is 0 Å². The molecular weight excluding hydrogens is 282 g/mol. The molecule has 0 atom stereocenters. The molecule has 1 heterocycles. The van der Waals surface area contributed by atoms with Crippen LogP contribution in [0.25, 0.3) is 0 Å². The third-order valence-corrected chi connectivity index (χ3v) is 2.92. The van der Waals surface area contributed by atoms with Crippen LogP contribution in [0, 0.1) is 24.0 Å². The van der Waals surface area contributed by atoms with Crippen molar-refractivity contribution in [3.05, 3.63) is 50.5 Å². The molecule has 1 aromatic carbocycles. The van der Waals surface area contributed by atoms with Crippen LogP contribution >= 0.6 is 11.6 Å². The van der Waals surface area contributed by atoms with Gasteiger partial charge in [0.15, 0.2) is 0 Å². The highest BCUT2D eigenvalue weighted by atomic mass is 35.5. The summed E-state index contributed by atoms with van der Waals surface area (Å²) in [6.45, 7) is 3.70. The molecule has 0 unspecified atom stereocenters. The first-order chi connectivity index (χ1) is 9.38. The van der Waals surface area contributed by atoms with Gasteiger partial charge in [-0.05, 0) is 37.1 Å². The molecule has 2 N–H and O–H groups in total. The van der Waals surface area contributed by atoms with E-state index in [1.54, 1.807) is 12.1 Å². The molecule has 1 aromatic heterocycles. The smallest absolute Gasteiger partial charge is 0.311 e. The van der Waals surface area contributed by atoms with Crippen molar-refractivity contribution in [3.8, 4) is 11.6 Å². The highest BCUT2D eigenvalue weighted by Gasteiger charge is 2.15. The average Bonchev–Trinajstić information content (AvgIpc) is 2.33. The Hall–Kier alpha value is -2.34. The predicted molar refractivity (Wildman–Crippen MR) is 76.3 cm³/mol. The minimum Gasteiger partial charge on any atom is -0.438 e. The van der Waals surface area contributed by atoms with Crippen LogP contribution in [-0.4, -0.2) is 9.91 Å². The van der Waals surface area contributed by atoms with Crippen LogP contribution in [0.5, 0.6) is 11.6 Å². The molecule has 0 spiro atoms. The summed E-state index contributed by atoms with van der Waals surface area (Å²) in [6.07, 6.45) is 0. The number of anilines is 1. The lowest BCUT2D eigenvalue weighted by molar-refractivity contribution is -0.384. The molecule has 0 bridgehead atoms. The van der Waals surface area contributed by atoms with Crippen molar-refractivity contribution in [2.24, 2.45) is 0 Å². The Bertz CT molecular complexity index is 666. The normalized spacial score (nSPS) is 10.3. The fourth-order valence-electron chi connectivity index (χ4n) is 1.82. The first kappa shape index (κ1) is 14.1. The van der Waals surface area contributed by atoms with Crippen molar-refractivity contribution in [1.82, 2.24) is 4.98 Å². The molecule has 7 heteroatoms. The number of nitrogens with zero attached hydrogens (tertiary/aromatic N) is 2. The van der Waals surface area contributed by atoms with Crippen LogP contribution in [0.1, 0.15) is 11.1 Å². The minimum absolute atomic E-state index is 0.184. The maximum Gasteiger partial charge on any atom is 0.311 e. The second kappa shape index (κ2) is 5.34. The van der Waals surface area contributed by atoms with Crippen molar-refractivity contribution in [1.29, 1.82) is 0 Å². The molecule has 20 heavy (non-hydrogen) atoms. The average molecular weight is 294 g/mol. The van der Waals surface area contributed by atoms with E-state index in [4.69, 9.17) is 22.1 Å². The van der Waals surface area contributed by atoms with Gasteiger partial charge < -0.3 is 10.5 Å². The lowest BCUT2D eigenvalue weighted by atomic mass is 10.1. The number of aromatic nitrogens is 1. The largest absolute Gasteiger partial charge is 0.438 e. The molecule has 0 fully saturated rings. The van der Waals surface area contributed by atoms with Crippen LogP contribution < -0.4 is 10.5 Å². The Kier molecular flexibility index (Phi) is 3.76. The lowest BCUT2D eigenvalue weighted by Crippen LogP contribution is -2.00. The highest BCUT2D eigenvalue weighted by molar-refractivity contribution is 6.30. The Morgan fingerprint density at radius 1 is 1.30 bits per heavy atom. The second-order valence-electron chi connectivity index (χ2n) is 4.28. The van der Waals surface area contributed by atoms with E-state index >= 15 is 0 Å². The van der Waals surface area contributed by atoms with E-state index in [-0.39, 0.29) is 17.4 Å². The number of halogens is 1. The number of nitrogen functional groups attached to an aromatic ring is 1. The molecule has 0 aliphatic carbocycles. The van der Waals surface area contributed by atoms with Crippen molar-refractivity contribution < 1.29 is 9.66 Å². The quantitative estimate of drug-likeness (QED) is 0.689. The number of hydrogen-bond acceptors (Lipinski definition) is 5. The van der Waals surface area contributed by atoms with E-state index in [0.29, 0.717) is 10.8 Å². The van der Waals surface area contributed by atoms with Crippen LogP contribution in [0.3, 0.4) is 0 Å². The van der Waals surface area contributed by atoms with Gasteiger partial charge in [-0.15, -0.1) is 0 Å². The van der Waals surface area contributed by atoms with E-state index in [1.165, 1.54) is 12.1 Å². The molecule has 2 aromatic rings. The van der Waals surface area contributed by atoms with Gasteiger partial charge in [-0.2, -0.15) is 4.98 Å². The monoisotopic (exact) mass is 293 g/mol. The van der Waals surface area contributed by atoms with E-state index in [0.717, 1.165) is 11.1 Å². The summed E-state index contributed by atoms with van der Waals surface area (Å²) in [5, 5.41) is 11.3. The number of benzene rings is 1. The Balaban J connectivity index is 2.36. The van der Waals surface area contributed by atoms with E-state index in [1.807, 2.05) is 13.8 Å². The topological polar surface area (TPSA) is 91.3 Å². The second-order valence-corrected chi connectivity index (χ2v) is 4.72. The van der Waals surface area contributed by atoms with Gasteiger partial charge in [0.05, 0.1) is 4.92 Å². The first-order valence-corrected chi connectivity index (χ1v) is 6.12. The first-order valence-electron chi connectivity index (χ1n) is 5.74. The van der Waals surface area contributed by atoms with E-state index in [2.05, 4.69) is 4.98 Å². The SMILES string of the molecule is Cc1cc(Cl)cc(C)c1Oc1ccc([N+](=O)[O-])c(N)n1. The van der Waals surface area contributed by atoms with Gasteiger partial charge in [-0.1, -0.05) is 11.6 Å². The van der Waals surface area contributed by atoms with Crippen molar-refractivity contribution in [3.63, 3.8) is 0 Å². The van der Waals surface area contributed by atoms with Gasteiger partial charge in [-0.25, -0.2) is 0 Å². The molecule has 0 radical (unpaired) electrons. The molecule has 2 rings (SSSR count).